The van der Waals surface area contributed by atoms with E-state index in [0.717, 1.165) is 34.5 Å². The molecule has 0 unspecified atom stereocenters. The Morgan fingerprint density at radius 1 is 1.30 bits per heavy atom. The van der Waals surface area contributed by atoms with Gasteiger partial charge in [0.15, 0.2) is 5.76 Å². The van der Waals surface area contributed by atoms with Crippen molar-refractivity contribution in [1.29, 1.82) is 0 Å². The van der Waals surface area contributed by atoms with Crippen molar-refractivity contribution in [2.45, 2.75) is 26.4 Å². The number of nitrogens with zero attached hydrogens (tertiary/aromatic N) is 2. The Labute approximate surface area is 118 Å². The molecule has 0 atom stereocenters. The number of aromatic nitrogens is 2. The van der Waals surface area contributed by atoms with E-state index < -0.39 is 0 Å². The number of para-hydroxylation sites is 1. The quantitative estimate of drug-likeness (QED) is 0.790. The van der Waals surface area contributed by atoms with Crippen LogP contribution in [0.4, 0.5) is 0 Å². The third kappa shape index (κ3) is 2.47. The topological polar surface area (TPSA) is 43.0 Å². The summed E-state index contributed by atoms with van der Waals surface area (Å²) in [6.45, 7) is 5.06. The van der Waals surface area contributed by atoms with Gasteiger partial charge in [-0.3, -0.25) is 4.68 Å². The first-order valence-electron chi connectivity index (χ1n) is 6.88. The molecular formula is C16H19N3O. The van der Waals surface area contributed by atoms with Gasteiger partial charge in [0.1, 0.15) is 11.3 Å². The largest absolute Gasteiger partial charge is 0.454 e. The highest BCUT2D eigenvalue weighted by atomic mass is 16.3. The average molecular weight is 269 g/mol. The third-order valence-electron chi connectivity index (χ3n) is 3.26. The summed E-state index contributed by atoms with van der Waals surface area (Å²) in [6.07, 6.45) is 2.04. The van der Waals surface area contributed by atoms with Crippen LogP contribution in [0.25, 0.3) is 22.4 Å². The van der Waals surface area contributed by atoms with Crippen molar-refractivity contribution < 1.29 is 4.42 Å². The average Bonchev–Trinajstić information content (AvgIpc) is 2.99. The van der Waals surface area contributed by atoms with Crippen molar-refractivity contribution in [2.75, 3.05) is 0 Å². The Morgan fingerprint density at radius 3 is 2.85 bits per heavy atom. The Kier molecular flexibility index (Phi) is 3.32. The summed E-state index contributed by atoms with van der Waals surface area (Å²) in [5.74, 6) is 0.826. The van der Waals surface area contributed by atoms with Gasteiger partial charge in [-0.2, -0.15) is 5.10 Å². The standard InChI is InChI=1S/C16H19N3O/c1-11(2)17-9-13-10-19(3)18-16(13)15-8-12-6-4-5-7-14(12)20-15/h4-8,10-11,17H,9H2,1-3H3. The van der Waals surface area contributed by atoms with Crippen LogP contribution in [0.3, 0.4) is 0 Å². The lowest BCUT2D eigenvalue weighted by Crippen LogP contribution is -2.21. The summed E-state index contributed by atoms with van der Waals surface area (Å²) < 4.78 is 7.74. The second kappa shape index (κ2) is 5.13. The maximum atomic E-state index is 5.91. The van der Waals surface area contributed by atoms with Crippen LogP contribution in [0.5, 0.6) is 0 Å². The van der Waals surface area contributed by atoms with Gasteiger partial charge in [0.05, 0.1) is 0 Å². The van der Waals surface area contributed by atoms with E-state index >= 15 is 0 Å². The zero-order valence-electron chi connectivity index (χ0n) is 12.1. The number of rotatable bonds is 4. The molecule has 0 bridgehead atoms. The minimum Gasteiger partial charge on any atom is -0.454 e. The summed E-state index contributed by atoms with van der Waals surface area (Å²) >= 11 is 0. The van der Waals surface area contributed by atoms with Crippen LogP contribution in [-0.2, 0) is 13.6 Å². The lowest BCUT2D eigenvalue weighted by atomic mass is 10.2. The van der Waals surface area contributed by atoms with Gasteiger partial charge in [-0.25, -0.2) is 0 Å². The van der Waals surface area contributed by atoms with E-state index in [1.165, 1.54) is 0 Å². The van der Waals surface area contributed by atoms with Gasteiger partial charge in [0, 0.05) is 36.8 Å². The normalized spacial score (nSPS) is 11.6. The molecule has 0 saturated heterocycles. The molecule has 0 radical (unpaired) electrons. The number of aryl methyl sites for hydroxylation is 1. The lowest BCUT2D eigenvalue weighted by molar-refractivity contribution is 0.586. The van der Waals surface area contributed by atoms with E-state index in [9.17, 15) is 0 Å². The molecule has 0 aliphatic carbocycles. The molecule has 4 heteroatoms. The van der Waals surface area contributed by atoms with Crippen LogP contribution >= 0.6 is 0 Å². The molecule has 2 aromatic heterocycles. The number of hydrogen-bond donors (Lipinski definition) is 1. The monoisotopic (exact) mass is 269 g/mol. The summed E-state index contributed by atoms with van der Waals surface area (Å²) in [4.78, 5) is 0. The molecular weight excluding hydrogens is 250 g/mol. The Bertz CT molecular complexity index is 691. The lowest BCUT2D eigenvalue weighted by Gasteiger charge is -2.06. The number of fused-ring (bicyclic) bond motifs is 1. The molecule has 20 heavy (non-hydrogen) atoms. The van der Waals surface area contributed by atoms with Crippen molar-refractivity contribution in [1.82, 2.24) is 15.1 Å². The maximum absolute atomic E-state index is 5.91. The molecule has 1 aromatic carbocycles. The summed E-state index contributed by atoms with van der Waals surface area (Å²) in [5.41, 5.74) is 2.97. The summed E-state index contributed by atoms with van der Waals surface area (Å²) in [7, 11) is 1.94. The van der Waals surface area contributed by atoms with E-state index in [-0.39, 0.29) is 0 Å². The van der Waals surface area contributed by atoms with E-state index in [4.69, 9.17) is 4.42 Å². The van der Waals surface area contributed by atoms with Crippen LogP contribution < -0.4 is 5.32 Å². The van der Waals surface area contributed by atoms with Gasteiger partial charge in [-0.15, -0.1) is 0 Å². The third-order valence-corrected chi connectivity index (χ3v) is 3.26. The van der Waals surface area contributed by atoms with Crippen LogP contribution in [0, 0.1) is 0 Å². The molecule has 4 nitrogen and oxygen atoms in total. The van der Waals surface area contributed by atoms with E-state index in [0.29, 0.717) is 6.04 Å². The van der Waals surface area contributed by atoms with Gasteiger partial charge < -0.3 is 9.73 Å². The number of benzene rings is 1. The van der Waals surface area contributed by atoms with E-state index in [2.05, 4.69) is 36.4 Å². The van der Waals surface area contributed by atoms with Crippen LogP contribution in [0.2, 0.25) is 0 Å². The Balaban J connectivity index is 2.00. The van der Waals surface area contributed by atoms with Crippen LogP contribution in [-0.4, -0.2) is 15.8 Å². The number of hydrogen-bond acceptors (Lipinski definition) is 3. The number of nitrogens with one attached hydrogen (secondary N) is 1. The molecule has 0 aliphatic rings. The molecule has 0 amide bonds. The molecule has 104 valence electrons. The molecule has 2 heterocycles. The van der Waals surface area contributed by atoms with Crippen molar-refractivity contribution >= 4 is 11.0 Å². The van der Waals surface area contributed by atoms with Crippen LogP contribution in [0.15, 0.2) is 40.9 Å². The van der Waals surface area contributed by atoms with Gasteiger partial charge in [0.2, 0.25) is 0 Å². The van der Waals surface area contributed by atoms with Crippen LogP contribution in [0.1, 0.15) is 19.4 Å². The van der Waals surface area contributed by atoms with E-state index in [1.807, 2.05) is 36.1 Å². The Hall–Kier alpha value is -2.07. The Morgan fingerprint density at radius 2 is 2.10 bits per heavy atom. The van der Waals surface area contributed by atoms with Crippen molar-refractivity contribution in [3.05, 3.63) is 42.1 Å². The fraction of sp³-hybridized carbons (Fsp3) is 0.312. The first kappa shape index (κ1) is 12.9. The smallest absolute Gasteiger partial charge is 0.156 e. The molecule has 0 aliphatic heterocycles. The fourth-order valence-electron chi connectivity index (χ4n) is 2.29. The van der Waals surface area contributed by atoms with Crippen molar-refractivity contribution in [2.24, 2.45) is 7.05 Å². The first-order chi connectivity index (χ1) is 9.63. The highest BCUT2D eigenvalue weighted by Crippen LogP contribution is 2.28. The second-order valence-corrected chi connectivity index (χ2v) is 5.36. The van der Waals surface area contributed by atoms with Gasteiger partial charge in [-0.1, -0.05) is 32.0 Å². The predicted octanol–water partition coefficient (Wildman–Crippen LogP) is 3.33. The van der Waals surface area contributed by atoms with Gasteiger partial charge in [-0.05, 0) is 12.1 Å². The van der Waals surface area contributed by atoms with Gasteiger partial charge >= 0.3 is 0 Å². The summed E-state index contributed by atoms with van der Waals surface area (Å²) in [6, 6.07) is 10.5. The first-order valence-corrected chi connectivity index (χ1v) is 6.88. The molecule has 1 N–H and O–H groups in total. The van der Waals surface area contributed by atoms with Crippen molar-refractivity contribution in [3.63, 3.8) is 0 Å². The predicted molar refractivity (Wildman–Crippen MR) is 80.4 cm³/mol. The SMILES string of the molecule is CC(C)NCc1cn(C)nc1-c1cc2ccccc2o1. The molecule has 0 fully saturated rings. The minimum absolute atomic E-state index is 0.443. The molecule has 3 aromatic rings. The minimum atomic E-state index is 0.443. The highest BCUT2D eigenvalue weighted by molar-refractivity contribution is 5.82. The van der Waals surface area contributed by atoms with Crippen molar-refractivity contribution in [3.8, 4) is 11.5 Å². The maximum Gasteiger partial charge on any atom is 0.156 e. The molecule has 0 saturated carbocycles. The zero-order chi connectivity index (χ0) is 14.1. The number of furan rings is 1. The zero-order valence-corrected chi connectivity index (χ0v) is 12.1. The summed E-state index contributed by atoms with van der Waals surface area (Å²) in [5, 5.41) is 9.07. The van der Waals surface area contributed by atoms with E-state index in [1.54, 1.807) is 0 Å². The molecule has 0 spiro atoms. The van der Waals surface area contributed by atoms with Gasteiger partial charge in [0.25, 0.3) is 0 Å². The highest BCUT2D eigenvalue weighted by Gasteiger charge is 2.14. The molecule has 3 rings (SSSR count). The second-order valence-electron chi connectivity index (χ2n) is 5.36. The fourth-order valence-corrected chi connectivity index (χ4v) is 2.29.